The van der Waals surface area contributed by atoms with Crippen LogP contribution in [0.5, 0.6) is 0 Å². The van der Waals surface area contributed by atoms with Gasteiger partial charge in [0.15, 0.2) is 0 Å². The van der Waals surface area contributed by atoms with Crippen molar-refractivity contribution in [2.75, 3.05) is 50.9 Å². The number of hydrogen-bond donors (Lipinski definition) is 1. The highest BCUT2D eigenvalue weighted by molar-refractivity contribution is 5.75. The Kier molecular flexibility index (Phi) is 5.48. The molecule has 2 rings (SSSR count). The van der Waals surface area contributed by atoms with E-state index < -0.39 is 0 Å². The zero-order chi connectivity index (χ0) is 16.1. The van der Waals surface area contributed by atoms with Crippen molar-refractivity contribution in [2.24, 2.45) is 0 Å². The van der Waals surface area contributed by atoms with Gasteiger partial charge in [-0.1, -0.05) is 6.92 Å². The highest BCUT2D eigenvalue weighted by Gasteiger charge is 2.19. The summed E-state index contributed by atoms with van der Waals surface area (Å²) in [6.07, 6.45) is 1.53. The number of nitrogens with two attached hydrogens (primary N) is 1. The Morgan fingerprint density at radius 3 is 2.64 bits per heavy atom. The van der Waals surface area contributed by atoms with Crippen LogP contribution in [0, 0.1) is 0 Å². The molecule has 0 spiro atoms. The van der Waals surface area contributed by atoms with Gasteiger partial charge in [-0.3, -0.25) is 9.69 Å². The Hall–Kier alpha value is -1.96. The smallest absolute Gasteiger partial charge is 0.229 e. The molecule has 1 aromatic heterocycles. The van der Waals surface area contributed by atoms with Gasteiger partial charge in [0.2, 0.25) is 17.8 Å². The zero-order valence-corrected chi connectivity index (χ0v) is 13.6. The Balaban J connectivity index is 2.00. The van der Waals surface area contributed by atoms with Crippen molar-refractivity contribution in [3.63, 3.8) is 0 Å². The monoisotopic (exact) mass is 307 g/mol. The number of nitrogen functional groups attached to an aromatic ring is 1. The number of hydrogen-bond acceptors (Lipinski definition) is 7. The van der Waals surface area contributed by atoms with Crippen molar-refractivity contribution in [1.29, 1.82) is 0 Å². The summed E-state index contributed by atoms with van der Waals surface area (Å²) in [6.45, 7) is 5.87. The van der Waals surface area contributed by atoms with Crippen LogP contribution in [0.15, 0.2) is 0 Å². The summed E-state index contributed by atoms with van der Waals surface area (Å²) >= 11 is 0. The number of nitrogens with zero attached hydrogens (tertiary/aromatic N) is 6. The molecule has 1 saturated heterocycles. The fourth-order valence-electron chi connectivity index (χ4n) is 2.50. The first kappa shape index (κ1) is 16.4. The summed E-state index contributed by atoms with van der Waals surface area (Å²) in [5.74, 6) is 1.71. The molecule has 0 atom stereocenters. The summed E-state index contributed by atoms with van der Waals surface area (Å²) in [6, 6.07) is 0. The molecule has 0 saturated carbocycles. The van der Waals surface area contributed by atoms with E-state index in [4.69, 9.17) is 5.73 Å². The second-order valence-corrected chi connectivity index (χ2v) is 5.67. The third-order valence-corrected chi connectivity index (χ3v) is 3.70. The zero-order valence-electron chi connectivity index (χ0n) is 13.6. The van der Waals surface area contributed by atoms with Gasteiger partial charge in [-0.05, 0) is 6.42 Å². The van der Waals surface area contributed by atoms with Crippen LogP contribution in [0.1, 0.15) is 25.6 Å². The van der Waals surface area contributed by atoms with Crippen molar-refractivity contribution < 1.29 is 4.79 Å². The minimum absolute atomic E-state index is 0.223. The standard InChI is InChI=1S/C14H25N7O/c1-4-12(22)21-7-5-6-20(8-9-21)10-11-16-13(15)18-14(17-11)19(2)3/h4-10H2,1-3H3,(H2,15,16,17,18). The van der Waals surface area contributed by atoms with E-state index in [1.165, 1.54) is 0 Å². The van der Waals surface area contributed by atoms with Crippen molar-refractivity contribution in [3.05, 3.63) is 5.82 Å². The molecule has 1 fully saturated rings. The molecular weight excluding hydrogens is 282 g/mol. The van der Waals surface area contributed by atoms with Gasteiger partial charge in [-0.2, -0.15) is 15.0 Å². The van der Waals surface area contributed by atoms with Crippen molar-refractivity contribution in [3.8, 4) is 0 Å². The highest BCUT2D eigenvalue weighted by Crippen LogP contribution is 2.10. The minimum atomic E-state index is 0.223. The number of amides is 1. The van der Waals surface area contributed by atoms with Gasteiger partial charge in [0, 0.05) is 46.7 Å². The van der Waals surface area contributed by atoms with Gasteiger partial charge in [-0.15, -0.1) is 0 Å². The molecular formula is C14H25N7O. The summed E-state index contributed by atoms with van der Waals surface area (Å²) in [4.78, 5) is 30.6. The average molecular weight is 307 g/mol. The van der Waals surface area contributed by atoms with E-state index in [-0.39, 0.29) is 11.9 Å². The number of aromatic nitrogens is 3. The predicted molar refractivity (Wildman–Crippen MR) is 85.3 cm³/mol. The topological polar surface area (TPSA) is 91.5 Å². The Labute approximate surface area is 131 Å². The molecule has 0 bridgehead atoms. The van der Waals surface area contributed by atoms with Crippen LogP contribution in [0.4, 0.5) is 11.9 Å². The summed E-state index contributed by atoms with van der Waals surface area (Å²) in [7, 11) is 3.75. The third kappa shape index (κ3) is 4.27. The van der Waals surface area contributed by atoms with Crippen LogP contribution < -0.4 is 10.6 Å². The van der Waals surface area contributed by atoms with Gasteiger partial charge in [0.05, 0.1) is 6.54 Å². The van der Waals surface area contributed by atoms with Crippen LogP contribution in [0.3, 0.4) is 0 Å². The fraction of sp³-hybridized carbons (Fsp3) is 0.714. The third-order valence-electron chi connectivity index (χ3n) is 3.70. The number of anilines is 2. The molecule has 8 heteroatoms. The molecule has 122 valence electrons. The van der Waals surface area contributed by atoms with Crippen molar-refractivity contribution >= 4 is 17.8 Å². The predicted octanol–water partition coefficient (Wildman–Crippen LogP) is -0.0359. The molecule has 1 aliphatic heterocycles. The fourth-order valence-corrected chi connectivity index (χ4v) is 2.50. The van der Waals surface area contributed by atoms with E-state index in [9.17, 15) is 4.79 Å². The molecule has 1 aromatic rings. The molecule has 0 aliphatic carbocycles. The van der Waals surface area contributed by atoms with Gasteiger partial charge < -0.3 is 15.5 Å². The van der Waals surface area contributed by atoms with Gasteiger partial charge in [-0.25, -0.2) is 0 Å². The number of carbonyl (C=O) groups excluding carboxylic acids is 1. The van der Waals surface area contributed by atoms with Crippen LogP contribution in [-0.2, 0) is 11.3 Å². The summed E-state index contributed by atoms with van der Waals surface area (Å²) < 4.78 is 0. The Bertz CT molecular complexity index is 520. The van der Waals surface area contributed by atoms with Crippen LogP contribution in [-0.4, -0.2) is 70.9 Å². The van der Waals surface area contributed by atoms with E-state index in [1.807, 2.05) is 30.8 Å². The molecule has 2 heterocycles. The number of carbonyl (C=O) groups is 1. The van der Waals surface area contributed by atoms with E-state index in [0.29, 0.717) is 24.7 Å². The van der Waals surface area contributed by atoms with Gasteiger partial charge in [0.1, 0.15) is 5.82 Å². The minimum Gasteiger partial charge on any atom is -0.368 e. The maximum Gasteiger partial charge on any atom is 0.229 e. The van der Waals surface area contributed by atoms with E-state index >= 15 is 0 Å². The normalized spacial score (nSPS) is 16.4. The van der Waals surface area contributed by atoms with E-state index in [0.717, 1.165) is 32.6 Å². The Morgan fingerprint density at radius 1 is 1.18 bits per heavy atom. The van der Waals surface area contributed by atoms with E-state index in [2.05, 4.69) is 19.9 Å². The second kappa shape index (κ2) is 7.35. The van der Waals surface area contributed by atoms with Crippen molar-refractivity contribution in [1.82, 2.24) is 24.8 Å². The quantitative estimate of drug-likeness (QED) is 0.834. The average Bonchev–Trinajstić information content (AvgIpc) is 2.71. The SMILES string of the molecule is CCC(=O)N1CCCN(Cc2nc(N)nc(N(C)C)n2)CC1. The van der Waals surface area contributed by atoms with Crippen molar-refractivity contribution in [2.45, 2.75) is 26.3 Å². The first-order chi connectivity index (χ1) is 10.5. The highest BCUT2D eigenvalue weighted by atomic mass is 16.2. The summed E-state index contributed by atoms with van der Waals surface area (Å²) in [5.41, 5.74) is 5.75. The van der Waals surface area contributed by atoms with Crippen LogP contribution in [0.2, 0.25) is 0 Å². The molecule has 0 radical (unpaired) electrons. The lowest BCUT2D eigenvalue weighted by Gasteiger charge is -2.21. The van der Waals surface area contributed by atoms with Gasteiger partial charge in [0.25, 0.3) is 0 Å². The Morgan fingerprint density at radius 2 is 1.95 bits per heavy atom. The molecule has 1 aliphatic rings. The van der Waals surface area contributed by atoms with E-state index in [1.54, 1.807) is 0 Å². The largest absolute Gasteiger partial charge is 0.368 e. The van der Waals surface area contributed by atoms with Gasteiger partial charge >= 0.3 is 0 Å². The molecule has 1 amide bonds. The molecule has 8 nitrogen and oxygen atoms in total. The molecule has 22 heavy (non-hydrogen) atoms. The molecule has 0 unspecified atom stereocenters. The van der Waals surface area contributed by atoms with Crippen LogP contribution in [0.25, 0.3) is 0 Å². The lowest BCUT2D eigenvalue weighted by Crippen LogP contribution is -2.34. The molecule has 0 aromatic carbocycles. The maximum absolute atomic E-state index is 11.8. The second-order valence-electron chi connectivity index (χ2n) is 5.67. The first-order valence-electron chi connectivity index (χ1n) is 7.67. The summed E-state index contributed by atoms with van der Waals surface area (Å²) in [5, 5.41) is 0. The first-order valence-corrected chi connectivity index (χ1v) is 7.67. The lowest BCUT2D eigenvalue weighted by molar-refractivity contribution is -0.130. The number of rotatable bonds is 4. The maximum atomic E-state index is 11.8. The lowest BCUT2D eigenvalue weighted by atomic mass is 10.3. The molecule has 2 N–H and O–H groups in total. The van der Waals surface area contributed by atoms with Crippen LogP contribution >= 0.6 is 0 Å².